The maximum Gasteiger partial charge on any atom is 0.161 e. The molecule has 1 aromatic rings. The topological polar surface area (TPSA) is 47.7 Å². The molecule has 0 bridgehead atoms. The van der Waals surface area contributed by atoms with Gasteiger partial charge in [-0.1, -0.05) is 6.07 Å². The molecule has 21 heavy (non-hydrogen) atoms. The van der Waals surface area contributed by atoms with E-state index in [2.05, 4.69) is 37.8 Å². The van der Waals surface area contributed by atoms with Crippen LogP contribution in [0.15, 0.2) is 18.2 Å². The molecule has 0 aliphatic carbocycles. The molecule has 0 radical (unpaired) electrons. The van der Waals surface area contributed by atoms with E-state index >= 15 is 0 Å². The van der Waals surface area contributed by atoms with Crippen molar-refractivity contribution < 1.29 is 9.47 Å². The summed E-state index contributed by atoms with van der Waals surface area (Å²) in [4.78, 5) is 2.52. The fourth-order valence-corrected chi connectivity index (χ4v) is 3.45. The van der Waals surface area contributed by atoms with Crippen molar-refractivity contribution in [2.75, 3.05) is 19.8 Å². The Morgan fingerprint density at radius 1 is 1.14 bits per heavy atom. The maximum absolute atomic E-state index is 6.46. The van der Waals surface area contributed by atoms with Gasteiger partial charge in [-0.3, -0.25) is 4.90 Å². The summed E-state index contributed by atoms with van der Waals surface area (Å²) in [6.45, 7) is 9.12. The lowest BCUT2D eigenvalue weighted by Gasteiger charge is -2.47. The molecule has 4 heteroatoms. The number of hydrogen-bond acceptors (Lipinski definition) is 4. The molecule has 3 rings (SSSR count). The Morgan fingerprint density at radius 2 is 1.86 bits per heavy atom. The van der Waals surface area contributed by atoms with Crippen LogP contribution < -0.4 is 15.2 Å². The lowest BCUT2D eigenvalue weighted by atomic mass is 9.87. The Bertz CT molecular complexity index is 510. The molecule has 2 heterocycles. The highest BCUT2D eigenvalue weighted by Crippen LogP contribution is 2.39. The van der Waals surface area contributed by atoms with Crippen molar-refractivity contribution >= 4 is 0 Å². The number of nitrogens with two attached hydrogens (primary N) is 1. The lowest BCUT2D eigenvalue weighted by molar-refractivity contribution is 0.0381. The molecule has 4 nitrogen and oxygen atoms in total. The van der Waals surface area contributed by atoms with Gasteiger partial charge in [0.1, 0.15) is 13.2 Å². The van der Waals surface area contributed by atoms with E-state index in [0.29, 0.717) is 13.2 Å². The average Bonchev–Trinajstić information content (AvgIpc) is 2.45. The summed E-state index contributed by atoms with van der Waals surface area (Å²) in [7, 11) is 0. The highest BCUT2D eigenvalue weighted by molar-refractivity contribution is 5.45. The lowest BCUT2D eigenvalue weighted by Crippen LogP contribution is -2.53. The SMILES string of the molecule is CC(C)(C)N1CCCC(N)C1c1ccc2c(c1)OCCO2. The zero-order valence-corrected chi connectivity index (χ0v) is 13.3. The Balaban J connectivity index is 1.95. The van der Waals surface area contributed by atoms with Gasteiger partial charge in [-0.05, 0) is 57.9 Å². The van der Waals surface area contributed by atoms with Gasteiger partial charge in [-0.25, -0.2) is 0 Å². The second-order valence-corrected chi connectivity index (χ2v) is 7.02. The summed E-state index contributed by atoms with van der Waals surface area (Å²) in [5.41, 5.74) is 7.80. The summed E-state index contributed by atoms with van der Waals surface area (Å²) in [5.74, 6) is 1.70. The quantitative estimate of drug-likeness (QED) is 0.864. The van der Waals surface area contributed by atoms with E-state index in [0.717, 1.165) is 24.5 Å². The minimum absolute atomic E-state index is 0.107. The molecular formula is C17H26N2O2. The van der Waals surface area contributed by atoms with Crippen LogP contribution >= 0.6 is 0 Å². The van der Waals surface area contributed by atoms with E-state index in [1.165, 1.54) is 12.0 Å². The van der Waals surface area contributed by atoms with Gasteiger partial charge in [-0.2, -0.15) is 0 Å². The Kier molecular flexibility index (Phi) is 3.84. The molecule has 0 aromatic heterocycles. The monoisotopic (exact) mass is 290 g/mol. The summed E-state index contributed by atoms with van der Waals surface area (Å²) < 4.78 is 11.3. The Labute approximate surface area is 127 Å². The van der Waals surface area contributed by atoms with Crippen LogP contribution in [0.4, 0.5) is 0 Å². The molecule has 1 fully saturated rings. The van der Waals surface area contributed by atoms with Crippen molar-refractivity contribution in [1.29, 1.82) is 0 Å². The molecule has 2 atom stereocenters. The number of hydrogen-bond donors (Lipinski definition) is 1. The number of rotatable bonds is 1. The molecular weight excluding hydrogens is 264 g/mol. The summed E-state index contributed by atoms with van der Waals surface area (Å²) in [6, 6.07) is 6.69. The van der Waals surface area contributed by atoms with Crippen LogP contribution in [0.2, 0.25) is 0 Å². The van der Waals surface area contributed by atoms with E-state index in [1.807, 2.05) is 6.07 Å². The third-order valence-corrected chi connectivity index (χ3v) is 4.45. The predicted molar refractivity (Wildman–Crippen MR) is 83.8 cm³/mol. The van der Waals surface area contributed by atoms with Crippen molar-refractivity contribution in [3.8, 4) is 11.5 Å². The van der Waals surface area contributed by atoms with Gasteiger partial charge in [0.15, 0.2) is 11.5 Å². The molecule has 1 aromatic carbocycles. The van der Waals surface area contributed by atoms with Crippen LogP contribution in [-0.4, -0.2) is 36.2 Å². The van der Waals surface area contributed by atoms with Crippen molar-refractivity contribution in [2.24, 2.45) is 5.73 Å². The van der Waals surface area contributed by atoms with Crippen LogP contribution in [0.1, 0.15) is 45.2 Å². The van der Waals surface area contributed by atoms with Crippen LogP contribution in [-0.2, 0) is 0 Å². The minimum Gasteiger partial charge on any atom is -0.486 e. The smallest absolute Gasteiger partial charge is 0.161 e. The fourth-order valence-electron chi connectivity index (χ4n) is 3.45. The number of benzene rings is 1. The number of ether oxygens (including phenoxy) is 2. The Hall–Kier alpha value is -1.26. The van der Waals surface area contributed by atoms with Gasteiger partial charge in [-0.15, -0.1) is 0 Å². The highest BCUT2D eigenvalue weighted by atomic mass is 16.6. The van der Waals surface area contributed by atoms with E-state index in [9.17, 15) is 0 Å². The van der Waals surface area contributed by atoms with Gasteiger partial charge in [0.2, 0.25) is 0 Å². The first-order valence-electron chi connectivity index (χ1n) is 7.89. The molecule has 2 N–H and O–H groups in total. The number of piperidine rings is 1. The van der Waals surface area contributed by atoms with Crippen LogP contribution in [0, 0.1) is 0 Å². The summed E-state index contributed by atoms with van der Waals surface area (Å²) >= 11 is 0. The van der Waals surface area contributed by atoms with Crippen LogP contribution in [0.3, 0.4) is 0 Å². The van der Waals surface area contributed by atoms with Gasteiger partial charge in [0.05, 0.1) is 6.04 Å². The zero-order chi connectivity index (χ0) is 15.0. The zero-order valence-electron chi connectivity index (χ0n) is 13.3. The second kappa shape index (κ2) is 5.50. The van der Waals surface area contributed by atoms with Gasteiger partial charge >= 0.3 is 0 Å². The highest BCUT2D eigenvalue weighted by Gasteiger charge is 2.36. The average molecular weight is 290 g/mol. The van der Waals surface area contributed by atoms with Crippen LogP contribution in [0.25, 0.3) is 0 Å². The third kappa shape index (κ3) is 2.87. The first-order valence-corrected chi connectivity index (χ1v) is 7.89. The van der Waals surface area contributed by atoms with Gasteiger partial charge < -0.3 is 15.2 Å². The molecule has 0 amide bonds. The van der Waals surface area contributed by atoms with E-state index < -0.39 is 0 Å². The normalized spacial score (nSPS) is 26.7. The molecule has 2 aliphatic heterocycles. The molecule has 2 unspecified atom stereocenters. The minimum atomic E-state index is 0.107. The first kappa shape index (κ1) is 14.7. The van der Waals surface area contributed by atoms with E-state index in [-0.39, 0.29) is 17.6 Å². The van der Waals surface area contributed by atoms with E-state index in [4.69, 9.17) is 15.2 Å². The Morgan fingerprint density at radius 3 is 2.57 bits per heavy atom. The predicted octanol–water partition coefficient (Wildman–Crippen LogP) is 2.72. The van der Waals surface area contributed by atoms with Crippen molar-refractivity contribution in [3.05, 3.63) is 23.8 Å². The van der Waals surface area contributed by atoms with Gasteiger partial charge in [0, 0.05) is 11.6 Å². The number of likely N-dealkylation sites (tertiary alicyclic amines) is 1. The molecule has 2 aliphatic rings. The van der Waals surface area contributed by atoms with E-state index in [1.54, 1.807) is 0 Å². The summed E-state index contributed by atoms with van der Waals surface area (Å²) in [6.07, 6.45) is 2.24. The van der Waals surface area contributed by atoms with Gasteiger partial charge in [0.25, 0.3) is 0 Å². The maximum atomic E-state index is 6.46. The summed E-state index contributed by atoms with van der Waals surface area (Å²) in [5, 5.41) is 0. The second-order valence-electron chi connectivity index (χ2n) is 7.02. The molecule has 0 saturated carbocycles. The molecule has 0 spiro atoms. The molecule has 116 valence electrons. The molecule has 1 saturated heterocycles. The number of nitrogens with zero attached hydrogens (tertiary/aromatic N) is 1. The fraction of sp³-hybridized carbons (Fsp3) is 0.647. The van der Waals surface area contributed by atoms with Crippen LogP contribution in [0.5, 0.6) is 11.5 Å². The van der Waals surface area contributed by atoms with Crippen molar-refractivity contribution in [2.45, 2.75) is 51.2 Å². The van der Waals surface area contributed by atoms with Crippen molar-refractivity contribution in [3.63, 3.8) is 0 Å². The standard InChI is InChI=1S/C17H26N2O2/c1-17(2,3)19-8-4-5-13(18)16(19)12-6-7-14-15(11-12)21-10-9-20-14/h6-7,11,13,16H,4-5,8-10,18H2,1-3H3. The van der Waals surface area contributed by atoms with Crippen molar-refractivity contribution in [1.82, 2.24) is 4.90 Å². The first-order chi connectivity index (χ1) is 9.97. The largest absolute Gasteiger partial charge is 0.486 e. The number of fused-ring (bicyclic) bond motifs is 1. The third-order valence-electron chi connectivity index (χ3n) is 4.45.